The lowest BCUT2D eigenvalue weighted by Crippen LogP contribution is -2.41. The van der Waals surface area contributed by atoms with Crippen molar-refractivity contribution in [2.24, 2.45) is 110 Å². The van der Waals surface area contributed by atoms with Crippen molar-refractivity contribution in [1.29, 1.82) is 0 Å². The number of nitrogens with two attached hydrogens (primary N) is 2. The summed E-state index contributed by atoms with van der Waals surface area (Å²) in [6.45, 7) is 133. The van der Waals surface area contributed by atoms with E-state index >= 15 is 0 Å². The normalized spacial score (nSPS) is 12.7. The Balaban J connectivity index is -0.0000000997. The van der Waals surface area contributed by atoms with Crippen LogP contribution in [-0.2, 0) is 4.74 Å². The van der Waals surface area contributed by atoms with E-state index in [1.807, 2.05) is 263 Å². The molecule has 0 aromatic carbocycles. The molecule has 14 N–H and O–H groups in total. The van der Waals surface area contributed by atoms with Gasteiger partial charge in [-0.3, -0.25) is 4.90 Å². The van der Waals surface area contributed by atoms with Crippen LogP contribution in [-0.4, -0.2) is 189 Å². The Labute approximate surface area is 931 Å². The fourth-order valence-electron chi connectivity index (χ4n) is 5.87. The second-order valence-electron chi connectivity index (χ2n) is 55.7. The highest BCUT2D eigenvalue weighted by molar-refractivity contribution is 5.22. The summed E-state index contributed by atoms with van der Waals surface area (Å²) < 4.78 is 4.80. The van der Waals surface area contributed by atoms with Crippen molar-refractivity contribution in [2.75, 3.05) is 80.9 Å². The van der Waals surface area contributed by atoms with Crippen molar-refractivity contribution in [1.82, 2.24) is 15.1 Å². The lowest BCUT2D eigenvalue weighted by Gasteiger charge is -2.22. The molecular formula is C134H245N5O10. The second-order valence-corrected chi connectivity index (χ2v) is 55.7. The summed E-state index contributed by atoms with van der Waals surface area (Å²) in [5, 5.41) is 84.5. The highest BCUT2D eigenvalue weighted by Crippen LogP contribution is 2.23. The van der Waals surface area contributed by atoms with E-state index in [2.05, 4.69) is 355 Å². The van der Waals surface area contributed by atoms with E-state index in [9.17, 15) is 15.3 Å². The third-order valence-electron chi connectivity index (χ3n) is 15.1. The Morgan fingerprint density at radius 1 is 0.383 bits per heavy atom. The van der Waals surface area contributed by atoms with Crippen LogP contribution in [0.1, 0.15) is 449 Å². The second kappa shape index (κ2) is 84.3. The zero-order valence-corrected chi connectivity index (χ0v) is 110. The summed E-state index contributed by atoms with van der Waals surface area (Å²) in [6, 6.07) is -0.390. The van der Waals surface area contributed by atoms with Gasteiger partial charge in [0, 0.05) is 94.3 Å². The van der Waals surface area contributed by atoms with Crippen LogP contribution in [0.4, 0.5) is 0 Å². The number of hydrogen-bond acceptors (Lipinski definition) is 15. The Hall–Kier alpha value is -7.02. The molecule has 149 heavy (non-hydrogen) atoms. The zero-order valence-electron chi connectivity index (χ0n) is 110. The van der Waals surface area contributed by atoms with E-state index in [4.69, 9.17) is 53.3 Å². The molecule has 0 aliphatic heterocycles. The first-order valence-electron chi connectivity index (χ1n) is 53.4. The minimum absolute atomic E-state index is 0.00410. The van der Waals surface area contributed by atoms with Crippen molar-refractivity contribution >= 4 is 0 Å². The maximum atomic E-state index is 9.82. The van der Waals surface area contributed by atoms with E-state index in [0.29, 0.717) is 37.9 Å². The average Bonchev–Trinajstić information content (AvgIpc) is 0.905. The Kier molecular flexibility index (Phi) is 99.1. The molecule has 0 aliphatic rings. The van der Waals surface area contributed by atoms with Crippen molar-refractivity contribution in [3.63, 3.8) is 0 Å². The molecule has 0 radical (unpaired) electrons. The molecule has 0 saturated carbocycles. The van der Waals surface area contributed by atoms with Crippen LogP contribution in [0.15, 0.2) is 12.7 Å². The fraction of sp³-hybridized carbons (Fsp3) is 0.776. The van der Waals surface area contributed by atoms with Gasteiger partial charge in [-0.2, -0.15) is 0 Å². The summed E-state index contributed by atoms with van der Waals surface area (Å²) in [5.41, 5.74) is 9.66. The highest BCUT2D eigenvalue weighted by Gasteiger charge is 2.24. The number of aliphatic hydroxyl groups excluding tert-OH is 7. The lowest BCUT2D eigenvalue weighted by molar-refractivity contribution is 0.0722. The number of nitrogens with zero attached hydrogens (tertiary/aromatic N) is 2. The predicted molar refractivity (Wildman–Crippen MR) is 660 cm³/mol. The molecule has 0 aliphatic carbocycles. The van der Waals surface area contributed by atoms with Gasteiger partial charge in [-0.1, -0.05) is 223 Å². The van der Waals surface area contributed by atoms with E-state index < -0.39 is 35.6 Å². The number of likely N-dealkylation sites (N-methyl/N-ethyl adjacent to an activating group) is 1. The van der Waals surface area contributed by atoms with Gasteiger partial charge in [0.05, 0.1) is 50.1 Å². The van der Waals surface area contributed by atoms with Gasteiger partial charge in [-0.25, -0.2) is 0 Å². The summed E-state index contributed by atoms with van der Waals surface area (Å²) in [6.07, 6.45) is 7.19. The van der Waals surface area contributed by atoms with E-state index in [0.717, 1.165) is 19.6 Å². The summed E-state index contributed by atoms with van der Waals surface area (Å²) in [7, 11) is 8.21. The molecule has 15 heteroatoms. The number of rotatable bonds is 15. The number of ether oxygens (including phenoxy) is 1. The first kappa shape index (κ1) is 175. The van der Waals surface area contributed by atoms with Gasteiger partial charge in [-0.05, 0) is 425 Å². The highest BCUT2D eigenvalue weighted by atomic mass is 16.5. The third kappa shape index (κ3) is 213. The van der Waals surface area contributed by atoms with Crippen LogP contribution in [0, 0.1) is 265 Å². The van der Waals surface area contributed by atoms with E-state index in [1.165, 1.54) is 0 Å². The number of nitrogens with one attached hydrogen (secondary N) is 1. The van der Waals surface area contributed by atoms with Gasteiger partial charge in [-0.15, -0.1) is 24.8 Å². The lowest BCUT2D eigenvalue weighted by atomic mass is 9.90. The van der Waals surface area contributed by atoms with Gasteiger partial charge in [0.2, 0.25) is 0 Å². The molecule has 0 heterocycles. The molecule has 6 atom stereocenters. The smallest absolute Gasteiger partial charge is 0.125 e. The average molecular weight is 2090 g/mol. The largest absolute Gasteiger partial charge is 0.395 e. The molecule has 0 amide bonds. The topological polar surface area (TPSA) is 262 Å². The molecule has 0 aromatic rings. The van der Waals surface area contributed by atoms with Gasteiger partial charge >= 0.3 is 0 Å². The first-order chi connectivity index (χ1) is 65.3. The molecule has 15 nitrogen and oxygen atoms in total. The maximum absolute atomic E-state index is 9.82. The van der Waals surface area contributed by atoms with Crippen molar-refractivity contribution in [2.45, 2.75) is 501 Å². The van der Waals surface area contributed by atoms with E-state index in [-0.39, 0.29) is 130 Å². The molecule has 0 saturated heterocycles. The van der Waals surface area contributed by atoms with Crippen LogP contribution in [0.25, 0.3) is 0 Å². The van der Waals surface area contributed by atoms with Gasteiger partial charge in [0.25, 0.3) is 0 Å². The molecule has 0 aromatic heterocycles. The molecule has 866 valence electrons. The van der Waals surface area contributed by atoms with Crippen molar-refractivity contribution in [3.8, 4) is 166 Å². The fourth-order valence-corrected chi connectivity index (χ4v) is 5.87. The quantitative estimate of drug-likeness (QED) is 0.0413. The Bertz CT molecular complexity index is 4190. The Morgan fingerprint density at radius 2 is 0.671 bits per heavy atom. The molecule has 0 fully saturated rings. The maximum Gasteiger partial charge on any atom is 0.125 e. The van der Waals surface area contributed by atoms with Crippen molar-refractivity contribution in [3.05, 3.63) is 12.7 Å². The molecule has 0 bridgehead atoms. The number of terminal acetylenes is 1. The summed E-state index contributed by atoms with van der Waals surface area (Å²) in [4.78, 5) is 4.24. The van der Waals surface area contributed by atoms with Gasteiger partial charge in [0.15, 0.2) is 0 Å². The monoisotopic (exact) mass is 2080 g/mol. The standard InChI is InChI=1S/C13H26N2.2C11H20O.2C10H18O.C10H18.2C9H17N.C9H16O.C8H15NO.2C8H14O.C6H10O2.C6H12.C6H10/c1-12(2,3)8-9-13(4,5)14-10-11-15(6)7;1-9(2)11(6,12)8-7-10(3,4)5;1-6-11(12,7-2)9-8-10(3,4)5;1-9(2,3)6-7-10(4,5)8-11;1-8(2)9(11)6-7-10(3,4)5;1-9(2,3)7-8-10(4,5)6;1-9(2,3)7-6-8-10(4)5;1-8(2,3)6-7-9(4,5)10;1-5-8(10)6-7-9(2,3)4;1-8(2,3)5-4-7(9)6-10;2*1-7(9)5-6-8(2,3)4;1-2-3-5-8-6-4-7;2*1-5-6(2,3)4/h14H,10-11H2,1-7H3;9,12H,1-6H3;12H,6-7H2,1-5H3;11H,8H2,1-5H3;8-9,11H,1-5H3;1-6H3;8H2,1-5H3;10H2,1-5H3;8,10H,5H2,1-4H3;7,10H,6,9H2,1-3H3;2*7,9H,1-4H3;7H,4-6H2,1H3;5H,1H2,2-4H3;1H,2-4H3/t;;;;;;;;;3*7-;;;/m.........110.../s1. The summed E-state index contributed by atoms with van der Waals surface area (Å²) >= 11 is 0. The minimum atomic E-state index is -0.854. The van der Waals surface area contributed by atoms with Crippen LogP contribution in [0.5, 0.6) is 0 Å². The number of allylic oxidation sites excluding steroid dienone is 1. The number of aliphatic hydroxyl groups is 9. The van der Waals surface area contributed by atoms with E-state index in [1.54, 1.807) is 27.7 Å². The van der Waals surface area contributed by atoms with Crippen molar-refractivity contribution < 1.29 is 50.7 Å². The Morgan fingerprint density at radius 3 is 0.899 bits per heavy atom. The van der Waals surface area contributed by atoms with Crippen LogP contribution in [0.3, 0.4) is 0 Å². The SMILES string of the molecule is C#CC(C)(C)C.C=CC(C)(C)C.CC#CCOCCO.CC(C)(C)C#CC(C)(C)C.CC(C)(C)C#CC(C)(C)CO.CC(C)(C)C#CC(C)(C)N.CC(C)(C)C#C[C@@H](N)CO.CC(C)C(C)(O)C#CC(C)(C)C.CC(C)C(O)C#CC(C)(C)C.CCC(O)(C#CC(C)(C)C)CC.CCC(O)C#CC(C)(C)C.CN(C)CC#CC(C)(C)C.CN(C)CCNC(C)(C)C#CC(C)(C)C.C[C@@H](O)C#CC(C)(C)C.C[C@H](O)C#CC(C)(C)C. The van der Waals surface area contributed by atoms with Crippen LogP contribution >= 0.6 is 0 Å². The summed E-state index contributed by atoms with van der Waals surface area (Å²) in [5.74, 6) is 80.3. The molecule has 3 unspecified atom stereocenters. The van der Waals surface area contributed by atoms with Crippen LogP contribution in [0.2, 0.25) is 0 Å². The van der Waals surface area contributed by atoms with Gasteiger partial charge in [0.1, 0.15) is 42.2 Å². The molecule has 0 spiro atoms. The first-order valence-corrected chi connectivity index (χ1v) is 53.4. The predicted octanol–water partition coefficient (Wildman–Crippen LogP) is 26.5. The number of hydrogen-bond donors (Lipinski definition) is 12. The molecular weight excluding hydrogens is 1840 g/mol. The molecule has 0 rings (SSSR count). The van der Waals surface area contributed by atoms with Gasteiger partial charge < -0.3 is 72.4 Å². The zero-order chi connectivity index (χ0) is 123. The van der Waals surface area contributed by atoms with Crippen LogP contribution < -0.4 is 16.8 Å². The minimum Gasteiger partial charge on any atom is -0.395 e. The third-order valence-corrected chi connectivity index (χ3v) is 15.1.